The van der Waals surface area contributed by atoms with Gasteiger partial charge in [0.1, 0.15) is 5.58 Å². The van der Waals surface area contributed by atoms with Gasteiger partial charge in [-0.1, -0.05) is 72.9 Å². The van der Waals surface area contributed by atoms with E-state index in [0.29, 0.717) is 18.0 Å². The number of rotatable bonds is 2. The molecule has 4 nitrogen and oxygen atoms in total. The number of aryl methyl sites for hydroxylation is 1. The van der Waals surface area contributed by atoms with Crippen molar-refractivity contribution in [3.63, 3.8) is 0 Å². The molecule has 2 aliphatic heterocycles. The molecule has 1 aromatic carbocycles. The first kappa shape index (κ1) is 18.9. The molecule has 2 aliphatic carbocycles. The van der Waals surface area contributed by atoms with Crippen molar-refractivity contribution >= 4 is 22.9 Å². The second kappa shape index (κ2) is 7.11. The van der Waals surface area contributed by atoms with Crippen LogP contribution in [0.3, 0.4) is 0 Å². The molecular weight excluding hydrogens is 382 g/mol. The third-order valence-electron chi connectivity index (χ3n) is 7.44. The van der Waals surface area contributed by atoms with E-state index >= 15 is 0 Å². The van der Waals surface area contributed by atoms with Crippen LogP contribution in [0.1, 0.15) is 29.3 Å². The van der Waals surface area contributed by atoms with Gasteiger partial charge in [0, 0.05) is 34.5 Å². The molecule has 1 saturated heterocycles. The largest absolute Gasteiger partial charge is 0.440 e. The minimum atomic E-state index is 0.171. The Morgan fingerprint density at radius 1 is 0.935 bits per heavy atom. The summed E-state index contributed by atoms with van der Waals surface area (Å²) in [7, 11) is 4.46. The fourth-order valence-corrected chi connectivity index (χ4v) is 5.77. The van der Waals surface area contributed by atoms with Crippen LogP contribution in [0, 0.1) is 12.8 Å². The van der Waals surface area contributed by atoms with Gasteiger partial charge < -0.3 is 9.73 Å². The molecule has 0 bridgehead atoms. The molecule has 4 heteroatoms. The van der Waals surface area contributed by atoms with Gasteiger partial charge in [-0.05, 0) is 33.0 Å². The third kappa shape index (κ3) is 2.82. The average molecular weight is 412 g/mol. The van der Waals surface area contributed by atoms with Crippen molar-refractivity contribution in [2.75, 3.05) is 19.4 Å². The smallest absolute Gasteiger partial charge is 0.202 e. The number of furan rings is 1. The van der Waals surface area contributed by atoms with Gasteiger partial charge in [0.05, 0.1) is 12.2 Å². The fraction of sp³-hybridized carbons (Fsp3) is 0.333. The van der Waals surface area contributed by atoms with E-state index in [2.05, 4.69) is 109 Å². The number of anilines is 1. The average Bonchev–Trinajstić information content (AvgIpc) is 3.29. The monoisotopic (exact) mass is 411 g/mol. The standard InChI is InChI=1S/C27H29N3O/c1-17-13-14-19-20-15-16-21(18-9-5-4-6-10-18)28-26(20)31-25(19)24(17)27-29(2)22-11-7-8-12-23(22)30(27)3/h4-9,11-16,18,21-23,27-28H,10H2,1-3H3. The maximum Gasteiger partial charge on any atom is 0.202 e. The Morgan fingerprint density at radius 2 is 1.68 bits per heavy atom. The maximum atomic E-state index is 6.59. The van der Waals surface area contributed by atoms with Crippen molar-refractivity contribution in [1.82, 2.24) is 9.80 Å². The maximum absolute atomic E-state index is 6.59. The van der Waals surface area contributed by atoms with E-state index in [9.17, 15) is 0 Å². The van der Waals surface area contributed by atoms with E-state index in [4.69, 9.17) is 4.42 Å². The van der Waals surface area contributed by atoms with Gasteiger partial charge in [-0.15, -0.1) is 0 Å². The zero-order valence-electron chi connectivity index (χ0n) is 18.3. The van der Waals surface area contributed by atoms with Crippen molar-refractivity contribution in [2.24, 2.45) is 5.92 Å². The number of hydrogen-bond acceptors (Lipinski definition) is 4. The van der Waals surface area contributed by atoms with Crippen LogP contribution >= 0.6 is 0 Å². The van der Waals surface area contributed by atoms with Crippen molar-refractivity contribution in [3.8, 4) is 0 Å². The van der Waals surface area contributed by atoms with Crippen molar-refractivity contribution in [2.45, 2.75) is 37.6 Å². The number of hydrogen-bond donors (Lipinski definition) is 1. The number of nitrogens with zero attached hydrogens (tertiary/aromatic N) is 2. The SMILES string of the molecule is Cc1ccc2c3c(oc2c1C1N(C)C2C=CC=CC2N1C)NC(C1C=CC=CC1)C=C3. The molecule has 1 aromatic heterocycles. The molecule has 3 heterocycles. The van der Waals surface area contributed by atoms with Crippen LogP contribution in [0.5, 0.6) is 0 Å². The summed E-state index contributed by atoms with van der Waals surface area (Å²) in [6, 6.07) is 5.49. The van der Waals surface area contributed by atoms with Crippen LogP contribution in [-0.2, 0) is 0 Å². The molecule has 1 fully saturated rings. The van der Waals surface area contributed by atoms with Gasteiger partial charge >= 0.3 is 0 Å². The highest BCUT2D eigenvalue weighted by Gasteiger charge is 2.44. The predicted molar refractivity (Wildman–Crippen MR) is 128 cm³/mol. The van der Waals surface area contributed by atoms with Gasteiger partial charge in [0.15, 0.2) is 0 Å². The summed E-state index contributed by atoms with van der Waals surface area (Å²) in [5.41, 5.74) is 4.73. The molecule has 0 saturated carbocycles. The summed E-state index contributed by atoms with van der Waals surface area (Å²) >= 11 is 0. The van der Waals surface area contributed by atoms with Crippen molar-refractivity contribution in [3.05, 3.63) is 83.5 Å². The van der Waals surface area contributed by atoms with Crippen molar-refractivity contribution in [1.29, 1.82) is 0 Å². The zero-order valence-corrected chi connectivity index (χ0v) is 18.3. The Hall–Kier alpha value is -2.82. The van der Waals surface area contributed by atoms with Crippen LogP contribution < -0.4 is 5.32 Å². The summed E-state index contributed by atoms with van der Waals surface area (Å²) in [6.45, 7) is 2.21. The first-order chi connectivity index (χ1) is 15.1. The van der Waals surface area contributed by atoms with E-state index in [1.54, 1.807) is 0 Å². The quantitative estimate of drug-likeness (QED) is 0.715. The van der Waals surface area contributed by atoms with Gasteiger partial charge in [-0.25, -0.2) is 0 Å². The molecular formula is C27H29N3O. The first-order valence-corrected chi connectivity index (χ1v) is 11.3. The lowest BCUT2D eigenvalue weighted by molar-refractivity contribution is 0.174. The van der Waals surface area contributed by atoms with Crippen LogP contribution in [-0.4, -0.2) is 42.0 Å². The highest BCUT2D eigenvalue weighted by Crippen LogP contribution is 2.45. The normalized spacial score (nSPS) is 31.9. The van der Waals surface area contributed by atoms with Gasteiger partial charge in [-0.3, -0.25) is 9.80 Å². The molecule has 158 valence electrons. The van der Waals surface area contributed by atoms with E-state index in [1.165, 1.54) is 22.1 Å². The van der Waals surface area contributed by atoms with E-state index in [0.717, 1.165) is 17.9 Å². The molecule has 4 unspecified atom stereocenters. The second-order valence-corrected chi connectivity index (χ2v) is 9.22. The molecule has 0 radical (unpaired) electrons. The number of likely N-dealkylation sites (N-methyl/N-ethyl adjacent to an activating group) is 2. The molecule has 6 rings (SSSR count). The predicted octanol–water partition coefficient (Wildman–Crippen LogP) is 5.42. The number of allylic oxidation sites excluding steroid dienone is 5. The lowest BCUT2D eigenvalue weighted by Crippen LogP contribution is -2.32. The third-order valence-corrected chi connectivity index (χ3v) is 7.44. The Morgan fingerprint density at radius 3 is 2.39 bits per heavy atom. The summed E-state index contributed by atoms with van der Waals surface area (Å²) in [5.74, 6) is 1.36. The van der Waals surface area contributed by atoms with Crippen LogP contribution in [0.4, 0.5) is 5.88 Å². The van der Waals surface area contributed by atoms with Gasteiger partial charge in [0.2, 0.25) is 5.88 Å². The summed E-state index contributed by atoms with van der Waals surface area (Å²) in [4.78, 5) is 4.94. The first-order valence-electron chi connectivity index (χ1n) is 11.3. The molecule has 4 aliphatic rings. The Balaban J connectivity index is 1.42. The van der Waals surface area contributed by atoms with Crippen LogP contribution in [0.2, 0.25) is 0 Å². The van der Waals surface area contributed by atoms with Crippen LogP contribution in [0.25, 0.3) is 17.0 Å². The minimum Gasteiger partial charge on any atom is -0.440 e. The van der Waals surface area contributed by atoms with Crippen LogP contribution in [0.15, 0.2) is 71.2 Å². The Labute approximate surface area is 183 Å². The lowest BCUT2D eigenvalue weighted by atomic mass is 9.90. The van der Waals surface area contributed by atoms with E-state index in [1.807, 2.05) is 0 Å². The number of nitrogens with one attached hydrogen (secondary N) is 1. The fourth-order valence-electron chi connectivity index (χ4n) is 5.77. The second-order valence-electron chi connectivity index (χ2n) is 9.22. The number of benzene rings is 1. The van der Waals surface area contributed by atoms with Crippen molar-refractivity contribution < 1.29 is 4.42 Å². The molecule has 1 N–H and O–H groups in total. The van der Waals surface area contributed by atoms with E-state index < -0.39 is 0 Å². The molecule has 0 spiro atoms. The minimum absolute atomic E-state index is 0.171. The van der Waals surface area contributed by atoms with Gasteiger partial charge in [0.25, 0.3) is 0 Å². The topological polar surface area (TPSA) is 31.7 Å². The molecule has 31 heavy (non-hydrogen) atoms. The highest BCUT2D eigenvalue weighted by molar-refractivity contribution is 5.96. The molecule has 4 atom stereocenters. The summed E-state index contributed by atoms with van der Waals surface area (Å²) in [6.07, 6.45) is 23.5. The lowest BCUT2D eigenvalue weighted by Gasteiger charge is -2.28. The Kier molecular flexibility index (Phi) is 4.34. The van der Waals surface area contributed by atoms with Gasteiger partial charge in [-0.2, -0.15) is 0 Å². The Bertz CT molecular complexity index is 1160. The molecule has 0 amide bonds. The molecule has 2 aromatic rings. The summed E-state index contributed by atoms with van der Waals surface area (Å²) in [5, 5.41) is 4.87. The summed E-state index contributed by atoms with van der Waals surface area (Å²) < 4.78 is 6.59. The number of fused-ring (bicyclic) bond motifs is 4. The highest BCUT2D eigenvalue weighted by atomic mass is 16.4. The van der Waals surface area contributed by atoms with E-state index in [-0.39, 0.29) is 12.2 Å². The zero-order chi connectivity index (χ0) is 21.1.